The molecule has 114 valence electrons. The number of nitrogens with zero attached hydrogens (tertiary/aromatic N) is 1. The third kappa shape index (κ3) is 8.65. The maximum atomic E-state index is 3.57. The van der Waals surface area contributed by atoms with E-state index >= 15 is 0 Å². The molecule has 0 radical (unpaired) electrons. The first-order chi connectivity index (χ1) is 8.79. The number of rotatable bonds is 6. The molecule has 1 rings (SSSR count). The van der Waals surface area contributed by atoms with Gasteiger partial charge in [-0.2, -0.15) is 0 Å². The van der Waals surface area contributed by atoms with Crippen LogP contribution in [0.25, 0.3) is 0 Å². The lowest BCUT2D eigenvalue weighted by Gasteiger charge is -2.23. The largest absolute Gasteiger partial charge is 0.312 e. The van der Waals surface area contributed by atoms with Crippen LogP contribution in [0.4, 0.5) is 0 Å². The molecule has 1 N–H and O–H groups in total. The molecule has 0 unspecified atom stereocenters. The van der Waals surface area contributed by atoms with Crippen LogP contribution in [0.3, 0.4) is 0 Å². The molecule has 1 saturated heterocycles. The lowest BCUT2D eigenvalue weighted by Crippen LogP contribution is -2.36. The zero-order chi connectivity index (χ0) is 14.4. The number of nitrogens with one attached hydrogen (secondary N) is 1. The fourth-order valence-electron chi connectivity index (χ4n) is 2.80. The maximum Gasteiger partial charge on any atom is 0.00965 e. The van der Waals surface area contributed by atoms with Crippen LogP contribution >= 0.6 is 0 Å². The monoisotopic (exact) mass is 268 g/mol. The van der Waals surface area contributed by atoms with Crippen LogP contribution in [0.2, 0.25) is 0 Å². The molecule has 19 heavy (non-hydrogen) atoms. The lowest BCUT2D eigenvalue weighted by molar-refractivity contribution is 0.257. The Kier molecular flexibility index (Phi) is 6.82. The zero-order valence-corrected chi connectivity index (χ0v) is 14.0. The van der Waals surface area contributed by atoms with Gasteiger partial charge < -0.3 is 10.2 Å². The molecule has 0 spiro atoms. The summed E-state index contributed by atoms with van der Waals surface area (Å²) in [6, 6.07) is 0. The van der Waals surface area contributed by atoms with Gasteiger partial charge in [0.2, 0.25) is 0 Å². The van der Waals surface area contributed by atoms with E-state index in [9.17, 15) is 0 Å². The average molecular weight is 268 g/mol. The number of hydrogen-bond donors (Lipinski definition) is 1. The molecular formula is C17H36N2. The van der Waals surface area contributed by atoms with Gasteiger partial charge >= 0.3 is 0 Å². The molecule has 0 saturated carbocycles. The second kappa shape index (κ2) is 7.64. The molecule has 0 amide bonds. The quantitative estimate of drug-likeness (QED) is 0.731. The van der Waals surface area contributed by atoms with Crippen molar-refractivity contribution in [2.24, 2.45) is 5.41 Å². The Balaban J connectivity index is 2.03. The van der Waals surface area contributed by atoms with Crippen LogP contribution < -0.4 is 5.32 Å². The van der Waals surface area contributed by atoms with Crippen LogP contribution in [0.15, 0.2) is 0 Å². The molecule has 2 nitrogen and oxygen atoms in total. The van der Waals surface area contributed by atoms with Gasteiger partial charge in [-0.1, -0.05) is 20.3 Å². The minimum absolute atomic E-state index is 0.274. The topological polar surface area (TPSA) is 15.3 Å². The molecule has 1 heterocycles. The second-order valence-electron chi connectivity index (χ2n) is 8.10. The Labute approximate surface area is 121 Å². The Morgan fingerprint density at radius 2 is 1.74 bits per heavy atom. The van der Waals surface area contributed by atoms with Crippen molar-refractivity contribution in [2.45, 2.75) is 78.7 Å². The summed E-state index contributed by atoms with van der Waals surface area (Å²) in [5.74, 6) is 0. The summed E-state index contributed by atoms with van der Waals surface area (Å²) in [6.45, 7) is 16.7. The Morgan fingerprint density at radius 3 is 2.42 bits per heavy atom. The van der Waals surface area contributed by atoms with E-state index in [4.69, 9.17) is 0 Å². The van der Waals surface area contributed by atoms with Crippen molar-refractivity contribution in [2.75, 3.05) is 26.2 Å². The Morgan fingerprint density at radius 1 is 1.00 bits per heavy atom. The molecule has 0 aromatic rings. The summed E-state index contributed by atoms with van der Waals surface area (Å²) in [7, 11) is 0. The fraction of sp³-hybridized carbons (Fsp3) is 1.00. The summed E-state index contributed by atoms with van der Waals surface area (Å²) in [4.78, 5) is 2.69. The normalized spacial score (nSPS) is 21.3. The van der Waals surface area contributed by atoms with Gasteiger partial charge in [0.05, 0.1) is 0 Å². The smallest absolute Gasteiger partial charge is 0.00965 e. The highest BCUT2D eigenvalue weighted by Crippen LogP contribution is 2.29. The van der Waals surface area contributed by atoms with Gasteiger partial charge in [0.25, 0.3) is 0 Å². The molecule has 0 bridgehead atoms. The summed E-state index contributed by atoms with van der Waals surface area (Å²) < 4.78 is 0. The number of hydrogen-bond acceptors (Lipinski definition) is 2. The summed E-state index contributed by atoms with van der Waals surface area (Å²) in [6.07, 6.45) is 8.21. The lowest BCUT2D eigenvalue weighted by atomic mass is 9.85. The van der Waals surface area contributed by atoms with E-state index in [-0.39, 0.29) is 5.54 Å². The summed E-state index contributed by atoms with van der Waals surface area (Å²) in [5.41, 5.74) is 0.849. The van der Waals surface area contributed by atoms with Crippen LogP contribution in [-0.2, 0) is 0 Å². The van der Waals surface area contributed by atoms with Crippen molar-refractivity contribution < 1.29 is 0 Å². The fourth-order valence-corrected chi connectivity index (χ4v) is 2.80. The average Bonchev–Trinajstić information content (AvgIpc) is 2.43. The summed E-state index contributed by atoms with van der Waals surface area (Å²) in [5, 5.41) is 3.57. The first-order valence-corrected chi connectivity index (χ1v) is 8.26. The molecule has 0 aromatic carbocycles. The van der Waals surface area contributed by atoms with E-state index in [2.05, 4.69) is 44.8 Å². The van der Waals surface area contributed by atoms with Crippen molar-refractivity contribution in [1.29, 1.82) is 0 Å². The third-order valence-corrected chi connectivity index (χ3v) is 4.24. The maximum absolute atomic E-state index is 3.57. The van der Waals surface area contributed by atoms with Crippen molar-refractivity contribution in [3.05, 3.63) is 0 Å². The van der Waals surface area contributed by atoms with Gasteiger partial charge in [-0.3, -0.25) is 0 Å². The van der Waals surface area contributed by atoms with Crippen LogP contribution in [-0.4, -0.2) is 36.6 Å². The van der Waals surface area contributed by atoms with Crippen LogP contribution in [0, 0.1) is 5.41 Å². The molecule has 0 aromatic heterocycles. The van der Waals surface area contributed by atoms with Crippen molar-refractivity contribution >= 4 is 0 Å². The van der Waals surface area contributed by atoms with Crippen molar-refractivity contribution in [3.8, 4) is 0 Å². The van der Waals surface area contributed by atoms with E-state index in [0.717, 1.165) is 6.54 Å². The first-order valence-electron chi connectivity index (χ1n) is 8.26. The molecular weight excluding hydrogens is 232 g/mol. The second-order valence-corrected chi connectivity index (χ2v) is 8.10. The zero-order valence-electron chi connectivity index (χ0n) is 14.0. The Hall–Kier alpha value is -0.0800. The van der Waals surface area contributed by atoms with E-state index in [0.29, 0.717) is 5.41 Å². The SMILES string of the molecule is CC1(C)CCCN(CCCCCNC(C)(C)C)CC1. The minimum Gasteiger partial charge on any atom is -0.312 e. The van der Waals surface area contributed by atoms with E-state index < -0.39 is 0 Å². The van der Waals surface area contributed by atoms with Gasteiger partial charge in [0.15, 0.2) is 0 Å². The molecule has 1 aliphatic rings. The van der Waals surface area contributed by atoms with Gasteiger partial charge in [-0.15, -0.1) is 0 Å². The van der Waals surface area contributed by atoms with E-state index in [1.807, 2.05) is 0 Å². The molecule has 0 aliphatic carbocycles. The number of unbranched alkanes of at least 4 members (excludes halogenated alkanes) is 2. The van der Waals surface area contributed by atoms with Gasteiger partial charge in [-0.25, -0.2) is 0 Å². The molecule has 0 atom stereocenters. The first kappa shape index (κ1) is 17.0. The van der Waals surface area contributed by atoms with Crippen molar-refractivity contribution in [3.63, 3.8) is 0 Å². The molecule has 2 heteroatoms. The number of likely N-dealkylation sites (tertiary alicyclic amines) is 1. The molecule has 1 fully saturated rings. The van der Waals surface area contributed by atoms with Gasteiger partial charge in [0, 0.05) is 5.54 Å². The highest BCUT2D eigenvalue weighted by Gasteiger charge is 2.22. The highest BCUT2D eigenvalue weighted by molar-refractivity contribution is 4.76. The van der Waals surface area contributed by atoms with E-state index in [1.165, 1.54) is 58.2 Å². The summed E-state index contributed by atoms with van der Waals surface area (Å²) >= 11 is 0. The van der Waals surface area contributed by atoms with Crippen molar-refractivity contribution in [1.82, 2.24) is 10.2 Å². The van der Waals surface area contributed by atoms with Gasteiger partial charge in [0.1, 0.15) is 0 Å². The molecule has 1 aliphatic heterocycles. The Bertz CT molecular complexity index is 240. The predicted molar refractivity (Wildman–Crippen MR) is 85.7 cm³/mol. The third-order valence-electron chi connectivity index (χ3n) is 4.24. The van der Waals surface area contributed by atoms with Crippen LogP contribution in [0.5, 0.6) is 0 Å². The van der Waals surface area contributed by atoms with Gasteiger partial charge in [-0.05, 0) is 84.5 Å². The predicted octanol–water partition coefficient (Wildman–Crippen LogP) is 4.06. The highest BCUT2D eigenvalue weighted by atomic mass is 15.1. The van der Waals surface area contributed by atoms with Crippen LogP contribution in [0.1, 0.15) is 73.1 Å². The standard InChI is InChI=1S/C17H36N2/c1-16(2,3)18-12-7-6-8-13-19-14-9-10-17(4,5)11-15-19/h18H,6-15H2,1-5H3. The minimum atomic E-state index is 0.274. The van der Waals surface area contributed by atoms with E-state index in [1.54, 1.807) is 0 Å².